The summed E-state index contributed by atoms with van der Waals surface area (Å²) in [5.74, 6) is 0.588. The van der Waals surface area contributed by atoms with E-state index in [0.717, 1.165) is 5.00 Å². The molecule has 0 aliphatic heterocycles. The van der Waals surface area contributed by atoms with Crippen LogP contribution in [-0.4, -0.2) is 0 Å². The second-order valence-electron chi connectivity index (χ2n) is 5.37. The van der Waals surface area contributed by atoms with Crippen LogP contribution in [0.2, 0.25) is 0 Å². The fourth-order valence-electron chi connectivity index (χ4n) is 2.78. The first kappa shape index (κ1) is 11.8. The van der Waals surface area contributed by atoms with Gasteiger partial charge < -0.3 is 5.73 Å². The molecule has 1 aliphatic rings. The Labute approximate surface area is 113 Å². The molecule has 0 bridgehead atoms. The van der Waals surface area contributed by atoms with Crippen molar-refractivity contribution in [2.75, 3.05) is 5.73 Å². The molecule has 0 fully saturated rings. The van der Waals surface area contributed by atoms with Gasteiger partial charge in [0.05, 0.1) is 5.00 Å². The summed E-state index contributed by atoms with van der Waals surface area (Å²) in [6, 6.07) is 8.93. The molecule has 0 saturated carbocycles. The zero-order chi connectivity index (χ0) is 12.7. The minimum atomic E-state index is 0.588. The second kappa shape index (κ2) is 4.43. The summed E-state index contributed by atoms with van der Waals surface area (Å²) in [5, 5.41) is 0.997. The van der Waals surface area contributed by atoms with Crippen LogP contribution < -0.4 is 5.73 Å². The van der Waals surface area contributed by atoms with Crippen LogP contribution in [0, 0.1) is 0 Å². The van der Waals surface area contributed by atoms with Gasteiger partial charge in [-0.3, -0.25) is 0 Å². The van der Waals surface area contributed by atoms with Crippen LogP contribution in [0.25, 0.3) is 11.1 Å². The third kappa shape index (κ3) is 1.85. The maximum absolute atomic E-state index is 6.20. The van der Waals surface area contributed by atoms with Gasteiger partial charge in [-0.25, -0.2) is 0 Å². The van der Waals surface area contributed by atoms with Crippen LogP contribution in [0.5, 0.6) is 0 Å². The number of hydrogen-bond acceptors (Lipinski definition) is 2. The van der Waals surface area contributed by atoms with Crippen molar-refractivity contribution >= 4 is 16.3 Å². The minimum Gasteiger partial charge on any atom is -0.390 e. The van der Waals surface area contributed by atoms with Crippen molar-refractivity contribution in [3.8, 4) is 11.1 Å². The molecule has 0 saturated heterocycles. The molecule has 1 aromatic heterocycles. The highest BCUT2D eigenvalue weighted by Crippen LogP contribution is 2.43. The number of nitrogen functional groups attached to an aromatic ring is 1. The molecule has 0 spiro atoms. The molecule has 1 aromatic carbocycles. The van der Waals surface area contributed by atoms with Gasteiger partial charge in [-0.05, 0) is 41.9 Å². The number of fused-ring (bicyclic) bond motifs is 1. The normalized spacial score (nSPS) is 14.2. The predicted octanol–water partition coefficient (Wildman–Crippen LogP) is 4.61. The van der Waals surface area contributed by atoms with Crippen molar-refractivity contribution in [1.82, 2.24) is 0 Å². The molecular formula is C16H19NS. The standard InChI is InChI=1S/C16H19NS/c1-10(2)11-6-8-12(9-7-11)15-13-4-3-5-14(13)18-16(15)17/h6-10H,3-5,17H2,1-2H3. The number of aryl methyl sites for hydroxylation is 1. The van der Waals surface area contributed by atoms with Crippen LogP contribution in [0.15, 0.2) is 24.3 Å². The maximum atomic E-state index is 6.20. The third-order valence-electron chi connectivity index (χ3n) is 3.81. The molecule has 0 amide bonds. The molecule has 94 valence electrons. The summed E-state index contributed by atoms with van der Waals surface area (Å²) in [4.78, 5) is 1.51. The van der Waals surface area contributed by atoms with Gasteiger partial charge in [0.2, 0.25) is 0 Å². The Kier molecular flexibility index (Phi) is 2.90. The van der Waals surface area contributed by atoms with Gasteiger partial charge in [-0.2, -0.15) is 0 Å². The van der Waals surface area contributed by atoms with Crippen molar-refractivity contribution in [3.05, 3.63) is 40.3 Å². The largest absolute Gasteiger partial charge is 0.390 e. The molecule has 1 heterocycles. The zero-order valence-corrected chi connectivity index (χ0v) is 11.8. The van der Waals surface area contributed by atoms with E-state index in [-0.39, 0.29) is 0 Å². The first-order chi connectivity index (χ1) is 8.66. The number of nitrogens with two attached hydrogens (primary N) is 1. The maximum Gasteiger partial charge on any atom is 0.0941 e. The lowest BCUT2D eigenvalue weighted by molar-refractivity contribution is 0.867. The number of anilines is 1. The van der Waals surface area contributed by atoms with Gasteiger partial charge >= 0.3 is 0 Å². The summed E-state index contributed by atoms with van der Waals surface area (Å²) in [5.41, 5.74) is 11.7. The Morgan fingerprint density at radius 2 is 1.83 bits per heavy atom. The lowest BCUT2D eigenvalue weighted by Crippen LogP contribution is -1.90. The fraction of sp³-hybridized carbons (Fsp3) is 0.375. The SMILES string of the molecule is CC(C)c1ccc(-c2c(N)sc3c2CCC3)cc1. The van der Waals surface area contributed by atoms with Crippen LogP contribution in [0.1, 0.15) is 42.2 Å². The molecule has 2 N–H and O–H groups in total. The van der Waals surface area contributed by atoms with Crippen molar-refractivity contribution in [2.45, 2.75) is 39.0 Å². The number of thiophene rings is 1. The van der Waals surface area contributed by atoms with Gasteiger partial charge in [0.1, 0.15) is 0 Å². The number of hydrogen-bond donors (Lipinski definition) is 1. The monoisotopic (exact) mass is 257 g/mol. The summed E-state index contributed by atoms with van der Waals surface area (Å²) in [7, 11) is 0. The van der Waals surface area contributed by atoms with E-state index in [1.54, 1.807) is 11.3 Å². The molecule has 18 heavy (non-hydrogen) atoms. The quantitative estimate of drug-likeness (QED) is 0.835. The number of rotatable bonds is 2. The Balaban J connectivity index is 2.05. The zero-order valence-electron chi connectivity index (χ0n) is 11.0. The van der Waals surface area contributed by atoms with Gasteiger partial charge in [-0.1, -0.05) is 38.1 Å². The molecule has 1 aliphatic carbocycles. The van der Waals surface area contributed by atoms with E-state index in [2.05, 4.69) is 38.1 Å². The van der Waals surface area contributed by atoms with E-state index in [4.69, 9.17) is 5.73 Å². The summed E-state index contributed by atoms with van der Waals surface area (Å²) < 4.78 is 0. The van der Waals surface area contributed by atoms with E-state index in [1.165, 1.54) is 46.4 Å². The summed E-state index contributed by atoms with van der Waals surface area (Å²) in [6.45, 7) is 4.46. The Morgan fingerprint density at radius 3 is 2.50 bits per heavy atom. The number of benzene rings is 1. The van der Waals surface area contributed by atoms with Gasteiger partial charge in [0, 0.05) is 10.4 Å². The van der Waals surface area contributed by atoms with Crippen molar-refractivity contribution in [2.24, 2.45) is 0 Å². The lowest BCUT2D eigenvalue weighted by Gasteiger charge is -2.08. The highest BCUT2D eigenvalue weighted by molar-refractivity contribution is 7.16. The Hall–Kier alpha value is -1.28. The fourth-order valence-corrected chi connectivity index (χ4v) is 3.96. The molecule has 2 aromatic rings. The van der Waals surface area contributed by atoms with Crippen LogP contribution in [0.3, 0.4) is 0 Å². The Bertz CT molecular complexity index is 564. The molecular weight excluding hydrogens is 238 g/mol. The molecule has 0 unspecified atom stereocenters. The smallest absolute Gasteiger partial charge is 0.0941 e. The van der Waals surface area contributed by atoms with E-state index in [0.29, 0.717) is 5.92 Å². The van der Waals surface area contributed by atoms with Crippen LogP contribution in [0.4, 0.5) is 5.00 Å². The topological polar surface area (TPSA) is 26.0 Å². The van der Waals surface area contributed by atoms with Crippen molar-refractivity contribution < 1.29 is 0 Å². The first-order valence-electron chi connectivity index (χ1n) is 6.67. The molecule has 0 radical (unpaired) electrons. The molecule has 3 rings (SSSR count). The molecule has 1 nitrogen and oxygen atoms in total. The van der Waals surface area contributed by atoms with E-state index in [1.807, 2.05) is 0 Å². The lowest BCUT2D eigenvalue weighted by atomic mass is 9.97. The summed E-state index contributed by atoms with van der Waals surface area (Å²) >= 11 is 1.79. The predicted molar refractivity (Wildman–Crippen MR) is 80.3 cm³/mol. The van der Waals surface area contributed by atoms with E-state index < -0.39 is 0 Å². The minimum absolute atomic E-state index is 0.588. The average molecular weight is 257 g/mol. The third-order valence-corrected chi connectivity index (χ3v) is 4.94. The van der Waals surface area contributed by atoms with Crippen molar-refractivity contribution in [1.29, 1.82) is 0 Å². The highest BCUT2D eigenvalue weighted by Gasteiger charge is 2.21. The van der Waals surface area contributed by atoms with Crippen molar-refractivity contribution in [3.63, 3.8) is 0 Å². The van der Waals surface area contributed by atoms with Gasteiger partial charge in [0.25, 0.3) is 0 Å². The summed E-state index contributed by atoms with van der Waals surface area (Å²) in [6.07, 6.45) is 3.71. The van der Waals surface area contributed by atoms with Gasteiger partial charge in [-0.15, -0.1) is 11.3 Å². The molecule has 2 heteroatoms. The van der Waals surface area contributed by atoms with Crippen LogP contribution >= 0.6 is 11.3 Å². The van der Waals surface area contributed by atoms with E-state index >= 15 is 0 Å². The van der Waals surface area contributed by atoms with Gasteiger partial charge in [0.15, 0.2) is 0 Å². The first-order valence-corrected chi connectivity index (χ1v) is 7.49. The highest BCUT2D eigenvalue weighted by atomic mass is 32.1. The van der Waals surface area contributed by atoms with E-state index in [9.17, 15) is 0 Å². The van der Waals surface area contributed by atoms with Crippen LogP contribution in [-0.2, 0) is 12.8 Å². The molecule has 0 atom stereocenters. The average Bonchev–Trinajstić information content (AvgIpc) is 2.89. The second-order valence-corrected chi connectivity index (χ2v) is 6.51. The Morgan fingerprint density at radius 1 is 1.11 bits per heavy atom.